The van der Waals surface area contributed by atoms with E-state index in [2.05, 4.69) is 43.6 Å². The fourth-order valence-electron chi connectivity index (χ4n) is 4.17. The van der Waals surface area contributed by atoms with Gasteiger partial charge in [-0.1, -0.05) is 38.3 Å². The highest BCUT2D eigenvalue weighted by Gasteiger charge is 2.55. The van der Waals surface area contributed by atoms with Crippen molar-refractivity contribution < 1.29 is 4.74 Å². The van der Waals surface area contributed by atoms with Crippen LogP contribution in [0.1, 0.15) is 51.0 Å². The van der Waals surface area contributed by atoms with E-state index in [9.17, 15) is 0 Å². The van der Waals surface area contributed by atoms with Crippen LogP contribution in [0.4, 0.5) is 0 Å². The molecule has 0 aromatic heterocycles. The maximum absolute atomic E-state index is 6.34. The first-order valence-corrected chi connectivity index (χ1v) is 8.21. The van der Waals surface area contributed by atoms with Crippen molar-refractivity contribution in [2.24, 2.45) is 5.41 Å². The largest absolute Gasteiger partial charge is 0.490 e. The molecule has 2 aliphatic rings. The minimum Gasteiger partial charge on any atom is -0.490 e. The monoisotopic (exact) mass is 273 g/mol. The molecule has 0 amide bonds. The van der Waals surface area contributed by atoms with Gasteiger partial charge in [0.25, 0.3) is 0 Å². The number of nitrogens with one attached hydrogen (secondary N) is 1. The normalized spacial score (nSPS) is 28.1. The highest BCUT2D eigenvalue weighted by Crippen LogP contribution is 2.53. The predicted molar refractivity (Wildman–Crippen MR) is 83.2 cm³/mol. The number of hydrogen-bond acceptors (Lipinski definition) is 2. The molecule has 2 atom stereocenters. The number of hydrogen-bond donors (Lipinski definition) is 1. The fraction of sp³-hybridized carbons (Fsp3) is 0.667. The Balaban J connectivity index is 1.70. The van der Waals surface area contributed by atoms with Gasteiger partial charge < -0.3 is 10.1 Å². The lowest BCUT2D eigenvalue weighted by atomic mass is 9.55. The molecule has 1 spiro atoms. The van der Waals surface area contributed by atoms with E-state index in [1.165, 1.54) is 37.7 Å². The summed E-state index contributed by atoms with van der Waals surface area (Å²) in [6.45, 7) is 2.19. The lowest BCUT2D eigenvalue weighted by Crippen LogP contribution is -2.64. The SMILES string of the molecule is CCc1ccc(OC2CC(NC)C23CCCCC3)cc1. The molecule has 0 saturated heterocycles. The first kappa shape index (κ1) is 13.9. The van der Waals surface area contributed by atoms with Crippen molar-refractivity contribution in [3.05, 3.63) is 29.8 Å². The molecule has 2 fully saturated rings. The molecule has 2 aliphatic carbocycles. The van der Waals surface area contributed by atoms with Crippen molar-refractivity contribution in [3.63, 3.8) is 0 Å². The molecule has 20 heavy (non-hydrogen) atoms. The van der Waals surface area contributed by atoms with E-state index in [1.54, 1.807) is 0 Å². The zero-order chi connectivity index (χ0) is 14.0. The third-order valence-electron chi connectivity index (χ3n) is 5.53. The van der Waals surface area contributed by atoms with Crippen LogP contribution >= 0.6 is 0 Å². The van der Waals surface area contributed by atoms with E-state index in [1.807, 2.05) is 0 Å². The summed E-state index contributed by atoms with van der Waals surface area (Å²) >= 11 is 0. The van der Waals surface area contributed by atoms with Crippen LogP contribution in [0.2, 0.25) is 0 Å². The van der Waals surface area contributed by atoms with Crippen molar-refractivity contribution >= 4 is 0 Å². The molecule has 2 unspecified atom stereocenters. The van der Waals surface area contributed by atoms with Crippen LogP contribution in [-0.2, 0) is 6.42 Å². The van der Waals surface area contributed by atoms with Gasteiger partial charge >= 0.3 is 0 Å². The molecular formula is C18H27NO. The molecule has 110 valence electrons. The summed E-state index contributed by atoms with van der Waals surface area (Å²) in [7, 11) is 2.10. The Hall–Kier alpha value is -1.02. The molecular weight excluding hydrogens is 246 g/mol. The molecule has 0 radical (unpaired) electrons. The van der Waals surface area contributed by atoms with Gasteiger partial charge in [0, 0.05) is 17.9 Å². The Bertz CT molecular complexity index is 433. The highest BCUT2D eigenvalue weighted by molar-refractivity contribution is 5.28. The lowest BCUT2D eigenvalue weighted by molar-refractivity contribution is -0.100. The molecule has 0 bridgehead atoms. The summed E-state index contributed by atoms with van der Waals surface area (Å²) in [5, 5.41) is 3.52. The van der Waals surface area contributed by atoms with Gasteiger partial charge in [-0.2, -0.15) is 0 Å². The van der Waals surface area contributed by atoms with Crippen molar-refractivity contribution in [2.45, 2.75) is 64.0 Å². The van der Waals surface area contributed by atoms with E-state index in [4.69, 9.17) is 4.74 Å². The van der Waals surface area contributed by atoms with E-state index in [0.29, 0.717) is 17.6 Å². The minimum absolute atomic E-state index is 0.399. The standard InChI is InChI=1S/C18H27NO/c1-3-14-7-9-15(10-8-14)20-17-13-16(19-2)18(17)11-5-4-6-12-18/h7-10,16-17,19H,3-6,11-13H2,1-2H3. The van der Waals surface area contributed by atoms with Crippen molar-refractivity contribution in [3.8, 4) is 5.75 Å². The molecule has 0 aliphatic heterocycles. The Morgan fingerprint density at radius 3 is 2.45 bits per heavy atom. The number of ether oxygens (including phenoxy) is 1. The first-order valence-electron chi connectivity index (χ1n) is 8.21. The molecule has 2 heteroatoms. The van der Waals surface area contributed by atoms with Gasteiger partial charge in [-0.05, 0) is 44.0 Å². The second-order valence-corrected chi connectivity index (χ2v) is 6.47. The van der Waals surface area contributed by atoms with Gasteiger partial charge in [0.2, 0.25) is 0 Å². The van der Waals surface area contributed by atoms with Crippen LogP contribution in [0.15, 0.2) is 24.3 Å². The van der Waals surface area contributed by atoms with E-state index >= 15 is 0 Å². The Kier molecular flexibility index (Phi) is 4.02. The second-order valence-electron chi connectivity index (χ2n) is 6.47. The van der Waals surface area contributed by atoms with Crippen molar-refractivity contribution in [1.29, 1.82) is 0 Å². The third kappa shape index (κ3) is 2.35. The Labute approximate surface area is 122 Å². The van der Waals surface area contributed by atoms with Crippen LogP contribution in [0.5, 0.6) is 5.75 Å². The van der Waals surface area contributed by atoms with E-state index in [0.717, 1.165) is 18.6 Å². The second kappa shape index (κ2) is 5.77. The van der Waals surface area contributed by atoms with Gasteiger partial charge in [-0.25, -0.2) is 0 Å². The van der Waals surface area contributed by atoms with E-state index < -0.39 is 0 Å². The molecule has 2 saturated carbocycles. The van der Waals surface area contributed by atoms with E-state index in [-0.39, 0.29) is 0 Å². The van der Waals surface area contributed by atoms with Gasteiger partial charge in [-0.3, -0.25) is 0 Å². The molecule has 3 rings (SSSR count). The average molecular weight is 273 g/mol. The zero-order valence-corrected chi connectivity index (χ0v) is 12.8. The van der Waals surface area contributed by atoms with Crippen molar-refractivity contribution in [2.75, 3.05) is 7.05 Å². The predicted octanol–water partition coefficient (Wildman–Crippen LogP) is 3.94. The van der Waals surface area contributed by atoms with Gasteiger partial charge in [0.05, 0.1) is 0 Å². The summed E-state index contributed by atoms with van der Waals surface area (Å²) in [6.07, 6.45) is 9.46. The summed E-state index contributed by atoms with van der Waals surface area (Å²) < 4.78 is 6.34. The van der Waals surface area contributed by atoms with Gasteiger partial charge in [0.15, 0.2) is 0 Å². The van der Waals surface area contributed by atoms with Crippen LogP contribution in [0.25, 0.3) is 0 Å². The maximum Gasteiger partial charge on any atom is 0.119 e. The average Bonchev–Trinajstić information content (AvgIpc) is 2.52. The maximum atomic E-state index is 6.34. The summed E-state index contributed by atoms with van der Waals surface area (Å²) in [4.78, 5) is 0. The minimum atomic E-state index is 0.399. The molecule has 0 heterocycles. The third-order valence-corrected chi connectivity index (χ3v) is 5.53. The highest BCUT2D eigenvalue weighted by atomic mass is 16.5. The summed E-state index contributed by atoms with van der Waals surface area (Å²) in [5.41, 5.74) is 1.78. The zero-order valence-electron chi connectivity index (χ0n) is 12.8. The topological polar surface area (TPSA) is 21.3 Å². The Morgan fingerprint density at radius 2 is 1.85 bits per heavy atom. The first-order chi connectivity index (χ1) is 9.78. The van der Waals surface area contributed by atoms with Crippen LogP contribution in [0.3, 0.4) is 0 Å². The Morgan fingerprint density at radius 1 is 1.15 bits per heavy atom. The van der Waals surface area contributed by atoms with Crippen LogP contribution < -0.4 is 10.1 Å². The smallest absolute Gasteiger partial charge is 0.119 e. The molecule has 2 nitrogen and oxygen atoms in total. The van der Waals surface area contributed by atoms with Gasteiger partial charge in [-0.15, -0.1) is 0 Å². The number of rotatable bonds is 4. The fourth-order valence-corrected chi connectivity index (χ4v) is 4.17. The lowest BCUT2D eigenvalue weighted by Gasteiger charge is -2.57. The summed E-state index contributed by atoms with van der Waals surface area (Å²) in [6, 6.07) is 9.32. The summed E-state index contributed by atoms with van der Waals surface area (Å²) in [5.74, 6) is 1.05. The molecule has 1 aromatic rings. The molecule has 1 N–H and O–H groups in total. The van der Waals surface area contributed by atoms with Gasteiger partial charge in [0.1, 0.15) is 11.9 Å². The van der Waals surface area contributed by atoms with Crippen LogP contribution in [-0.4, -0.2) is 19.2 Å². The molecule has 1 aromatic carbocycles. The quantitative estimate of drug-likeness (QED) is 0.897. The van der Waals surface area contributed by atoms with Crippen LogP contribution in [0, 0.1) is 5.41 Å². The number of aryl methyl sites for hydroxylation is 1. The number of benzene rings is 1. The van der Waals surface area contributed by atoms with Crippen molar-refractivity contribution in [1.82, 2.24) is 5.32 Å².